The van der Waals surface area contributed by atoms with Crippen molar-refractivity contribution in [3.8, 4) is 0 Å². The molecule has 0 saturated carbocycles. The number of hydrogen-bond acceptors (Lipinski definition) is 6. The molecule has 1 aromatic carbocycles. The quantitative estimate of drug-likeness (QED) is 0.787. The Morgan fingerprint density at radius 3 is 2.29 bits per heavy atom. The number of benzene rings is 1. The summed E-state index contributed by atoms with van der Waals surface area (Å²) in [6.07, 6.45) is 1.64. The molecule has 0 spiro atoms. The Morgan fingerprint density at radius 1 is 1.12 bits per heavy atom. The number of carbonyl (C=O) groups is 2. The predicted molar refractivity (Wildman–Crippen MR) is 94.4 cm³/mol. The summed E-state index contributed by atoms with van der Waals surface area (Å²) in [6.45, 7) is 2.10. The largest absolute Gasteiger partial charge is 0.469 e. The highest BCUT2D eigenvalue weighted by molar-refractivity contribution is 5.85. The van der Waals surface area contributed by atoms with Crippen LogP contribution in [0.4, 0.5) is 5.69 Å². The van der Waals surface area contributed by atoms with Crippen molar-refractivity contribution < 1.29 is 19.1 Å². The SMILES string of the molecule is COC(=O)CCN1CCC(Nc2ccccc2)(C(=O)OC)CC1.Cl. The number of rotatable bonds is 6. The summed E-state index contributed by atoms with van der Waals surface area (Å²) in [7, 11) is 2.81. The summed E-state index contributed by atoms with van der Waals surface area (Å²) in [6, 6.07) is 9.67. The lowest BCUT2D eigenvalue weighted by Gasteiger charge is -2.40. The fourth-order valence-electron chi connectivity index (χ4n) is 2.88. The Balaban J connectivity index is 0.00000288. The number of anilines is 1. The van der Waals surface area contributed by atoms with Crippen LogP contribution in [0.5, 0.6) is 0 Å². The molecule has 1 fully saturated rings. The van der Waals surface area contributed by atoms with Crippen LogP contribution in [-0.4, -0.2) is 56.2 Å². The summed E-state index contributed by atoms with van der Waals surface area (Å²) in [5, 5.41) is 3.35. The van der Waals surface area contributed by atoms with Crippen LogP contribution in [0.3, 0.4) is 0 Å². The zero-order valence-corrected chi connectivity index (χ0v) is 14.9. The minimum atomic E-state index is -0.710. The number of carbonyl (C=O) groups excluding carboxylic acids is 2. The lowest BCUT2D eigenvalue weighted by molar-refractivity contribution is -0.148. The van der Waals surface area contributed by atoms with Crippen LogP contribution in [0.2, 0.25) is 0 Å². The highest BCUT2D eigenvalue weighted by Crippen LogP contribution is 2.28. The fourth-order valence-corrected chi connectivity index (χ4v) is 2.88. The summed E-state index contributed by atoms with van der Waals surface area (Å²) in [5.41, 5.74) is 0.193. The Bertz CT molecular complexity index is 531. The van der Waals surface area contributed by atoms with Crippen molar-refractivity contribution in [2.75, 3.05) is 39.2 Å². The van der Waals surface area contributed by atoms with Crippen molar-refractivity contribution in [3.63, 3.8) is 0 Å². The maximum atomic E-state index is 12.3. The molecule has 0 aromatic heterocycles. The fraction of sp³-hybridized carbons (Fsp3) is 0.529. The number of ether oxygens (including phenoxy) is 2. The van der Waals surface area contributed by atoms with Gasteiger partial charge in [-0.2, -0.15) is 0 Å². The molecule has 0 atom stereocenters. The summed E-state index contributed by atoms with van der Waals surface area (Å²) < 4.78 is 9.69. The zero-order valence-electron chi connectivity index (χ0n) is 14.1. The van der Waals surface area contributed by atoms with Gasteiger partial charge in [-0.25, -0.2) is 4.79 Å². The first-order valence-corrected chi connectivity index (χ1v) is 7.80. The number of piperidine rings is 1. The number of esters is 2. The van der Waals surface area contributed by atoms with Crippen molar-refractivity contribution in [1.82, 2.24) is 4.90 Å². The van der Waals surface area contributed by atoms with Crippen molar-refractivity contribution in [2.45, 2.75) is 24.8 Å². The first-order valence-electron chi connectivity index (χ1n) is 7.80. The van der Waals surface area contributed by atoms with E-state index in [9.17, 15) is 9.59 Å². The third-order valence-corrected chi connectivity index (χ3v) is 4.30. The average molecular weight is 357 g/mol. The normalized spacial score (nSPS) is 16.6. The van der Waals surface area contributed by atoms with Gasteiger partial charge in [-0.05, 0) is 25.0 Å². The van der Waals surface area contributed by atoms with Crippen LogP contribution in [0, 0.1) is 0 Å². The van der Waals surface area contributed by atoms with Crippen molar-refractivity contribution in [2.24, 2.45) is 0 Å². The van der Waals surface area contributed by atoms with E-state index in [-0.39, 0.29) is 24.3 Å². The third-order valence-electron chi connectivity index (χ3n) is 4.30. The monoisotopic (exact) mass is 356 g/mol. The van der Waals surface area contributed by atoms with Crippen molar-refractivity contribution in [3.05, 3.63) is 30.3 Å². The molecule has 134 valence electrons. The molecule has 0 amide bonds. The molecule has 2 rings (SSSR count). The molecule has 0 bridgehead atoms. The molecule has 0 radical (unpaired) electrons. The third kappa shape index (κ3) is 5.11. The molecule has 1 aromatic rings. The van der Waals surface area contributed by atoms with Crippen LogP contribution in [-0.2, 0) is 19.1 Å². The second-order valence-corrected chi connectivity index (χ2v) is 5.73. The van der Waals surface area contributed by atoms with Crippen molar-refractivity contribution >= 4 is 30.0 Å². The van der Waals surface area contributed by atoms with Gasteiger partial charge in [-0.1, -0.05) is 18.2 Å². The second kappa shape index (κ2) is 9.49. The van der Waals surface area contributed by atoms with E-state index in [4.69, 9.17) is 4.74 Å². The molecule has 0 unspecified atom stereocenters. The van der Waals surface area contributed by atoms with E-state index >= 15 is 0 Å². The van der Waals surface area contributed by atoms with Gasteiger partial charge in [-0.15, -0.1) is 12.4 Å². The molecule has 1 heterocycles. The predicted octanol–water partition coefficient (Wildman–Crippen LogP) is 2.09. The molecule has 1 saturated heterocycles. The van der Waals surface area contributed by atoms with Gasteiger partial charge in [-0.3, -0.25) is 4.79 Å². The lowest BCUT2D eigenvalue weighted by atomic mass is 9.87. The molecule has 1 N–H and O–H groups in total. The van der Waals surface area contributed by atoms with Gasteiger partial charge in [0, 0.05) is 25.3 Å². The average Bonchev–Trinajstić information content (AvgIpc) is 2.61. The van der Waals surface area contributed by atoms with Gasteiger partial charge in [0.2, 0.25) is 0 Å². The Morgan fingerprint density at radius 2 is 1.75 bits per heavy atom. The number of likely N-dealkylation sites (tertiary alicyclic amines) is 1. The summed E-state index contributed by atoms with van der Waals surface area (Å²) in [4.78, 5) is 25.7. The Hall–Kier alpha value is -1.79. The van der Waals surface area contributed by atoms with E-state index in [1.807, 2.05) is 30.3 Å². The van der Waals surface area contributed by atoms with E-state index in [2.05, 4.69) is 15.0 Å². The Labute approximate surface area is 148 Å². The van der Waals surface area contributed by atoms with Gasteiger partial charge in [0.05, 0.1) is 20.6 Å². The van der Waals surface area contributed by atoms with Gasteiger partial charge in [0.15, 0.2) is 0 Å². The van der Waals surface area contributed by atoms with Gasteiger partial charge >= 0.3 is 11.9 Å². The van der Waals surface area contributed by atoms with Crippen molar-refractivity contribution in [1.29, 1.82) is 0 Å². The van der Waals surface area contributed by atoms with E-state index < -0.39 is 5.54 Å². The summed E-state index contributed by atoms with van der Waals surface area (Å²) in [5.74, 6) is -0.453. The lowest BCUT2D eigenvalue weighted by Crippen LogP contribution is -2.55. The van der Waals surface area contributed by atoms with Crippen LogP contribution in [0.25, 0.3) is 0 Å². The first kappa shape index (κ1) is 20.3. The molecular weight excluding hydrogens is 332 g/mol. The Kier molecular flexibility index (Phi) is 8.01. The molecule has 24 heavy (non-hydrogen) atoms. The molecule has 7 heteroatoms. The van der Waals surface area contributed by atoms with Gasteiger partial charge in [0.1, 0.15) is 5.54 Å². The summed E-state index contributed by atoms with van der Waals surface area (Å²) >= 11 is 0. The molecule has 6 nitrogen and oxygen atoms in total. The zero-order chi connectivity index (χ0) is 16.7. The van der Waals surface area contributed by atoms with Gasteiger partial charge in [0.25, 0.3) is 0 Å². The minimum Gasteiger partial charge on any atom is -0.469 e. The van der Waals surface area contributed by atoms with E-state index in [1.165, 1.54) is 14.2 Å². The van der Waals surface area contributed by atoms with E-state index in [0.717, 1.165) is 18.8 Å². The maximum Gasteiger partial charge on any atom is 0.331 e. The number of nitrogens with zero attached hydrogens (tertiary/aromatic N) is 1. The number of para-hydroxylation sites is 1. The minimum absolute atomic E-state index is 0. The molecule has 1 aliphatic heterocycles. The van der Waals surface area contributed by atoms with Crippen LogP contribution < -0.4 is 5.32 Å². The van der Waals surface area contributed by atoms with Crippen LogP contribution in [0.15, 0.2) is 30.3 Å². The van der Waals surface area contributed by atoms with Crippen LogP contribution >= 0.6 is 12.4 Å². The topological polar surface area (TPSA) is 67.9 Å². The van der Waals surface area contributed by atoms with Gasteiger partial charge < -0.3 is 19.7 Å². The van der Waals surface area contributed by atoms with E-state index in [0.29, 0.717) is 25.8 Å². The first-order chi connectivity index (χ1) is 11.1. The molecule has 1 aliphatic rings. The number of methoxy groups -OCH3 is 2. The van der Waals surface area contributed by atoms with Crippen LogP contribution in [0.1, 0.15) is 19.3 Å². The molecular formula is C17H25ClN2O4. The number of hydrogen-bond donors (Lipinski definition) is 1. The molecule has 0 aliphatic carbocycles. The number of nitrogens with one attached hydrogen (secondary N) is 1. The highest BCUT2D eigenvalue weighted by atomic mass is 35.5. The maximum absolute atomic E-state index is 12.3. The second-order valence-electron chi connectivity index (χ2n) is 5.73. The number of halogens is 1. The smallest absolute Gasteiger partial charge is 0.331 e. The standard InChI is InChI=1S/C17H24N2O4.ClH/c1-22-15(20)8-11-19-12-9-17(10-13-19,16(21)23-2)18-14-6-4-3-5-7-14;/h3-7,18H,8-13H2,1-2H3;1H. The highest BCUT2D eigenvalue weighted by Gasteiger charge is 2.42. The van der Waals surface area contributed by atoms with E-state index in [1.54, 1.807) is 0 Å².